The third-order valence-corrected chi connectivity index (χ3v) is 4.64. The third-order valence-electron chi connectivity index (χ3n) is 4.64. The van der Waals surface area contributed by atoms with E-state index < -0.39 is 70.2 Å². The highest BCUT2D eigenvalue weighted by Gasteiger charge is 2.40. The summed E-state index contributed by atoms with van der Waals surface area (Å²) >= 11 is 0. The van der Waals surface area contributed by atoms with Gasteiger partial charge in [-0.25, -0.2) is 13.6 Å². The second-order valence-corrected chi connectivity index (χ2v) is 7.11. The van der Waals surface area contributed by atoms with E-state index in [9.17, 15) is 44.7 Å². The van der Waals surface area contributed by atoms with Crippen molar-refractivity contribution in [3.8, 4) is 11.4 Å². The van der Waals surface area contributed by atoms with Crippen LogP contribution in [0.1, 0.15) is 23.1 Å². The highest BCUT2D eigenvalue weighted by molar-refractivity contribution is 6.06. The molecule has 0 saturated carbocycles. The van der Waals surface area contributed by atoms with Crippen LogP contribution in [0.25, 0.3) is 5.69 Å². The topological polar surface area (TPSA) is 78.2 Å². The number of benzene rings is 2. The van der Waals surface area contributed by atoms with Gasteiger partial charge in [-0.15, -0.1) is 5.10 Å². The van der Waals surface area contributed by atoms with Crippen molar-refractivity contribution < 1.29 is 44.7 Å². The van der Waals surface area contributed by atoms with Crippen LogP contribution < -0.4 is 15.7 Å². The molecule has 1 heterocycles. The summed E-state index contributed by atoms with van der Waals surface area (Å²) in [5.41, 5.74) is -3.75. The maximum atomic E-state index is 14.9. The van der Waals surface area contributed by atoms with Crippen LogP contribution in [-0.2, 0) is 13.2 Å². The monoisotopic (exact) mass is 510 g/mol. The molecule has 1 atom stereocenters. The predicted molar refractivity (Wildman–Crippen MR) is 104 cm³/mol. The number of carbonyl (C=O) groups is 1. The molecule has 0 aliphatic rings. The Kier molecular flexibility index (Phi) is 6.64. The lowest BCUT2D eigenvalue weighted by molar-refractivity contribution is -0.189. The van der Waals surface area contributed by atoms with Gasteiger partial charge in [0.05, 0.1) is 11.3 Å². The van der Waals surface area contributed by atoms with Crippen LogP contribution in [0.15, 0.2) is 41.2 Å². The summed E-state index contributed by atoms with van der Waals surface area (Å²) < 4.78 is 112. The van der Waals surface area contributed by atoms with Crippen molar-refractivity contribution in [3.05, 3.63) is 69.9 Å². The van der Waals surface area contributed by atoms with Crippen molar-refractivity contribution in [3.63, 3.8) is 0 Å². The number of amides is 1. The molecule has 2 aromatic carbocycles. The average Bonchev–Trinajstić information content (AvgIpc) is 3.04. The minimum absolute atomic E-state index is 0.0399. The van der Waals surface area contributed by atoms with E-state index in [1.165, 1.54) is 12.1 Å². The van der Waals surface area contributed by atoms with E-state index in [1.807, 2.05) is 5.32 Å². The Morgan fingerprint density at radius 2 is 1.69 bits per heavy atom. The summed E-state index contributed by atoms with van der Waals surface area (Å²) in [5, 5.41) is 5.04. The van der Waals surface area contributed by atoms with Crippen LogP contribution in [0.4, 0.5) is 40.8 Å². The molecule has 1 amide bonds. The Labute approximate surface area is 190 Å². The molecule has 0 bridgehead atoms. The van der Waals surface area contributed by atoms with Gasteiger partial charge in [-0.1, -0.05) is 12.1 Å². The number of alkyl halides is 6. The van der Waals surface area contributed by atoms with Gasteiger partial charge in [0.25, 0.3) is 5.91 Å². The lowest BCUT2D eigenvalue weighted by Crippen LogP contribution is -2.32. The maximum absolute atomic E-state index is 14.9. The van der Waals surface area contributed by atoms with E-state index in [1.54, 1.807) is 0 Å². The Morgan fingerprint density at radius 1 is 1.06 bits per heavy atom. The van der Waals surface area contributed by atoms with Crippen LogP contribution >= 0.6 is 0 Å². The molecule has 35 heavy (non-hydrogen) atoms. The molecule has 0 saturated heterocycles. The van der Waals surface area contributed by atoms with E-state index in [-0.39, 0.29) is 9.25 Å². The van der Waals surface area contributed by atoms with Crippen molar-refractivity contribution in [1.29, 1.82) is 0 Å². The standard InChI is InChI=1S/C20H14F8N4O3/c1-9(19(23,24)25)35-15-8-14(32-18(34)31(2)17(30-32)20(26,27)28)12(22)7-10(15)16(33)29-13-6-4-3-5-11(13)21/h3-9H,1-2H3,(H,29,33). The third kappa shape index (κ3) is 5.27. The Balaban J connectivity index is 2.16. The van der Waals surface area contributed by atoms with Gasteiger partial charge in [0.2, 0.25) is 5.82 Å². The number of carbonyl (C=O) groups excluding carboxylic acids is 1. The molecule has 0 radical (unpaired) electrons. The molecule has 1 N–H and O–H groups in total. The van der Waals surface area contributed by atoms with Gasteiger partial charge >= 0.3 is 18.0 Å². The van der Waals surface area contributed by atoms with Crippen LogP contribution in [0.2, 0.25) is 0 Å². The van der Waals surface area contributed by atoms with Crippen LogP contribution in [0.3, 0.4) is 0 Å². The number of rotatable bonds is 5. The molecular weight excluding hydrogens is 496 g/mol. The molecular formula is C20H14F8N4O3. The fourth-order valence-corrected chi connectivity index (χ4v) is 2.83. The minimum atomic E-state index is -5.11. The molecule has 1 aromatic heterocycles. The first-order valence-electron chi connectivity index (χ1n) is 9.47. The summed E-state index contributed by atoms with van der Waals surface area (Å²) in [6.07, 6.45) is -12.6. The molecule has 3 aromatic rings. The average molecular weight is 510 g/mol. The fraction of sp³-hybridized carbons (Fsp3) is 0.250. The number of hydrogen-bond acceptors (Lipinski definition) is 4. The van der Waals surface area contributed by atoms with Gasteiger partial charge in [0, 0.05) is 13.1 Å². The molecule has 0 aliphatic heterocycles. The van der Waals surface area contributed by atoms with Crippen molar-refractivity contribution in [2.45, 2.75) is 25.4 Å². The first-order chi connectivity index (χ1) is 16.1. The number of halogens is 8. The molecule has 0 fully saturated rings. The second-order valence-electron chi connectivity index (χ2n) is 7.11. The fourth-order valence-electron chi connectivity index (χ4n) is 2.83. The smallest absolute Gasteiger partial charge is 0.451 e. The summed E-state index contributed by atoms with van der Waals surface area (Å²) in [4.78, 5) is 24.9. The zero-order valence-corrected chi connectivity index (χ0v) is 17.6. The Hall–Kier alpha value is -3.91. The molecule has 188 valence electrons. The van der Waals surface area contributed by atoms with Crippen molar-refractivity contribution in [2.24, 2.45) is 7.05 Å². The lowest BCUT2D eigenvalue weighted by Gasteiger charge is -2.20. The van der Waals surface area contributed by atoms with E-state index in [2.05, 4.69) is 5.10 Å². The molecule has 7 nitrogen and oxygen atoms in total. The highest BCUT2D eigenvalue weighted by atomic mass is 19.4. The van der Waals surface area contributed by atoms with Gasteiger partial charge in [-0.2, -0.15) is 31.0 Å². The number of hydrogen-bond donors (Lipinski definition) is 1. The van der Waals surface area contributed by atoms with Gasteiger partial charge in [-0.05, 0) is 25.1 Å². The van der Waals surface area contributed by atoms with Crippen LogP contribution in [0.5, 0.6) is 5.75 Å². The number of nitrogens with one attached hydrogen (secondary N) is 1. The zero-order chi connectivity index (χ0) is 26.3. The number of para-hydroxylation sites is 1. The molecule has 0 spiro atoms. The van der Waals surface area contributed by atoms with E-state index in [0.29, 0.717) is 26.1 Å². The van der Waals surface area contributed by atoms with Gasteiger partial charge in [-0.3, -0.25) is 9.36 Å². The summed E-state index contributed by atoms with van der Waals surface area (Å²) in [7, 11) is 0.700. The highest BCUT2D eigenvalue weighted by Crippen LogP contribution is 2.32. The largest absolute Gasteiger partial charge is 0.480 e. The first-order valence-corrected chi connectivity index (χ1v) is 9.47. The SMILES string of the molecule is CC(Oc1cc(-n2nc(C(F)(F)F)n(C)c2=O)c(F)cc1C(=O)Nc1ccccc1F)C(F)(F)F. The zero-order valence-electron chi connectivity index (χ0n) is 17.6. The van der Waals surface area contributed by atoms with Gasteiger partial charge in [0.15, 0.2) is 6.10 Å². The van der Waals surface area contributed by atoms with Crippen LogP contribution in [-0.4, -0.2) is 32.5 Å². The summed E-state index contributed by atoms with van der Waals surface area (Å²) in [6.45, 7) is 0.552. The number of ether oxygens (including phenoxy) is 1. The lowest BCUT2D eigenvalue weighted by atomic mass is 10.1. The molecule has 15 heteroatoms. The number of aromatic nitrogens is 3. The quantitative estimate of drug-likeness (QED) is 0.515. The Bertz CT molecular complexity index is 1330. The van der Waals surface area contributed by atoms with Crippen molar-refractivity contribution in [1.82, 2.24) is 14.3 Å². The van der Waals surface area contributed by atoms with Gasteiger partial charge in [0.1, 0.15) is 23.1 Å². The molecule has 1 unspecified atom stereocenters. The van der Waals surface area contributed by atoms with E-state index >= 15 is 0 Å². The first kappa shape index (κ1) is 25.7. The number of nitrogens with zero attached hydrogens (tertiary/aromatic N) is 3. The Morgan fingerprint density at radius 3 is 2.23 bits per heavy atom. The summed E-state index contributed by atoms with van der Waals surface area (Å²) in [6, 6.07) is 5.45. The molecule has 0 aliphatic carbocycles. The minimum Gasteiger partial charge on any atom is -0.480 e. The predicted octanol–water partition coefficient (Wildman–Crippen LogP) is 4.45. The summed E-state index contributed by atoms with van der Waals surface area (Å²) in [5.74, 6) is -6.37. The van der Waals surface area contributed by atoms with Crippen molar-refractivity contribution >= 4 is 11.6 Å². The van der Waals surface area contributed by atoms with E-state index in [4.69, 9.17) is 4.74 Å². The van der Waals surface area contributed by atoms with Crippen LogP contribution in [0, 0.1) is 11.6 Å². The van der Waals surface area contributed by atoms with E-state index in [0.717, 1.165) is 12.1 Å². The number of anilines is 1. The van der Waals surface area contributed by atoms with Gasteiger partial charge < -0.3 is 10.1 Å². The maximum Gasteiger partial charge on any atom is 0.451 e. The van der Waals surface area contributed by atoms with Crippen molar-refractivity contribution in [2.75, 3.05) is 5.32 Å². The molecule has 3 rings (SSSR count). The second kappa shape index (κ2) is 9.03. The normalized spacial score (nSPS) is 13.0.